The number of ether oxygens (including phenoxy) is 2. The fourth-order valence-electron chi connectivity index (χ4n) is 1.66. The third kappa shape index (κ3) is 2.61. The minimum atomic E-state index is -0.725. The number of hydrogen-bond donors (Lipinski definition) is 1. The maximum Gasteiger partial charge on any atom is 0.336 e. The van der Waals surface area contributed by atoms with Crippen LogP contribution in [0.4, 0.5) is 5.69 Å². The molecule has 1 aromatic carbocycles. The van der Waals surface area contributed by atoms with Crippen molar-refractivity contribution in [1.29, 1.82) is 0 Å². The van der Waals surface area contributed by atoms with Crippen LogP contribution in [0, 0.1) is 0 Å². The Balaban J connectivity index is 2.12. The van der Waals surface area contributed by atoms with E-state index in [0.29, 0.717) is 19.8 Å². The highest BCUT2D eigenvalue weighted by Gasteiger charge is 2.47. The second-order valence-electron chi connectivity index (χ2n) is 3.93. The molecule has 4 nitrogen and oxygen atoms in total. The Hall–Kier alpha value is -1.07. The second kappa shape index (κ2) is 5.06. The molecule has 0 amide bonds. The third-order valence-corrected chi connectivity index (χ3v) is 3.06. The lowest BCUT2D eigenvalue weighted by Gasteiger charge is -2.40. The second-order valence-corrected chi connectivity index (χ2v) is 4.85. The van der Waals surface area contributed by atoms with Crippen LogP contribution in [0.2, 0.25) is 0 Å². The van der Waals surface area contributed by atoms with Gasteiger partial charge in [-0.3, -0.25) is 0 Å². The number of halogens is 1. The normalized spacial score (nSPS) is 17.1. The molecule has 0 bridgehead atoms. The first-order valence-electron chi connectivity index (χ1n) is 5.45. The Bertz CT molecular complexity index is 418. The molecule has 0 atom stereocenters. The first kappa shape index (κ1) is 12.4. The van der Waals surface area contributed by atoms with Gasteiger partial charge < -0.3 is 14.8 Å². The van der Waals surface area contributed by atoms with Gasteiger partial charge in [-0.15, -0.1) is 0 Å². The van der Waals surface area contributed by atoms with E-state index in [4.69, 9.17) is 9.47 Å². The zero-order valence-electron chi connectivity index (χ0n) is 9.53. The first-order chi connectivity index (χ1) is 8.16. The molecule has 5 heteroatoms. The molecule has 0 saturated carbocycles. The summed E-state index contributed by atoms with van der Waals surface area (Å²) >= 11 is 3.39. The minimum absolute atomic E-state index is 0.258. The van der Waals surface area contributed by atoms with E-state index in [0.717, 1.165) is 10.2 Å². The molecule has 1 heterocycles. The van der Waals surface area contributed by atoms with Gasteiger partial charge in [0.25, 0.3) is 0 Å². The maximum absolute atomic E-state index is 11.9. The van der Waals surface area contributed by atoms with Crippen molar-refractivity contribution < 1.29 is 14.3 Å². The summed E-state index contributed by atoms with van der Waals surface area (Å²) in [6.45, 7) is 2.86. The number of nitrogens with one attached hydrogen (secondary N) is 1. The smallest absolute Gasteiger partial charge is 0.336 e. The van der Waals surface area contributed by atoms with Crippen LogP contribution in [0.5, 0.6) is 0 Å². The summed E-state index contributed by atoms with van der Waals surface area (Å²) in [6.07, 6.45) is 0. The lowest BCUT2D eigenvalue weighted by molar-refractivity contribution is -0.164. The van der Waals surface area contributed by atoms with Gasteiger partial charge in [-0.05, 0) is 25.1 Å². The monoisotopic (exact) mass is 299 g/mol. The van der Waals surface area contributed by atoms with Crippen LogP contribution in [-0.2, 0) is 14.3 Å². The van der Waals surface area contributed by atoms with Crippen molar-refractivity contribution >= 4 is 27.6 Å². The number of rotatable bonds is 4. The van der Waals surface area contributed by atoms with E-state index in [2.05, 4.69) is 21.2 Å². The average Bonchev–Trinajstić information content (AvgIpc) is 2.24. The van der Waals surface area contributed by atoms with E-state index in [-0.39, 0.29) is 5.97 Å². The molecular weight excluding hydrogens is 286 g/mol. The van der Waals surface area contributed by atoms with Gasteiger partial charge in [0.05, 0.1) is 19.8 Å². The van der Waals surface area contributed by atoms with E-state index in [1.165, 1.54) is 0 Å². The SMILES string of the molecule is CCOC(=O)C1(Nc2cccc(Br)c2)COC1. The summed E-state index contributed by atoms with van der Waals surface area (Å²) in [5.41, 5.74) is 0.146. The molecule has 1 aromatic rings. The molecule has 17 heavy (non-hydrogen) atoms. The molecule has 1 aliphatic heterocycles. The third-order valence-electron chi connectivity index (χ3n) is 2.57. The van der Waals surface area contributed by atoms with Gasteiger partial charge in [0, 0.05) is 10.2 Å². The Morgan fingerprint density at radius 1 is 1.59 bits per heavy atom. The predicted octanol–water partition coefficient (Wildman–Crippen LogP) is 2.19. The summed E-state index contributed by atoms with van der Waals surface area (Å²) in [5, 5.41) is 3.19. The molecule has 0 radical (unpaired) electrons. The van der Waals surface area contributed by atoms with Crippen molar-refractivity contribution in [1.82, 2.24) is 0 Å². The van der Waals surface area contributed by atoms with Crippen LogP contribution < -0.4 is 5.32 Å². The first-order valence-corrected chi connectivity index (χ1v) is 6.24. The molecular formula is C12H14BrNO3. The van der Waals surface area contributed by atoms with Crippen LogP contribution in [0.15, 0.2) is 28.7 Å². The van der Waals surface area contributed by atoms with E-state index in [9.17, 15) is 4.79 Å². The van der Waals surface area contributed by atoms with Crippen molar-refractivity contribution in [3.05, 3.63) is 28.7 Å². The Kier molecular flexibility index (Phi) is 3.69. The molecule has 0 aromatic heterocycles. The van der Waals surface area contributed by atoms with Crippen LogP contribution in [-0.4, -0.2) is 31.3 Å². The van der Waals surface area contributed by atoms with Crippen molar-refractivity contribution in [2.45, 2.75) is 12.5 Å². The van der Waals surface area contributed by atoms with Crippen molar-refractivity contribution in [2.75, 3.05) is 25.1 Å². The van der Waals surface area contributed by atoms with E-state index >= 15 is 0 Å². The standard InChI is InChI=1S/C12H14BrNO3/c1-2-17-11(15)12(7-16-8-12)14-10-5-3-4-9(13)6-10/h3-6,14H,2,7-8H2,1H3. The maximum atomic E-state index is 11.9. The number of carbonyl (C=O) groups is 1. The van der Waals surface area contributed by atoms with Crippen molar-refractivity contribution in [3.63, 3.8) is 0 Å². The highest BCUT2D eigenvalue weighted by molar-refractivity contribution is 9.10. The number of benzene rings is 1. The zero-order chi connectivity index (χ0) is 12.3. The number of esters is 1. The lowest BCUT2D eigenvalue weighted by atomic mass is 9.97. The predicted molar refractivity (Wildman–Crippen MR) is 67.9 cm³/mol. The molecule has 0 aliphatic carbocycles. The van der Waals surface area contributed by atoms with Gasteiger partial charge in [0.15, 0.2) is 5.54 Å². The van der Waals surface area contributed by atoms with E-state index in [1.54, 1.807) is 6.92 Å². The van der Waals surface area contributed by atoms with Gasteiger partial charge in [-0.25, -0.2) is 4.79 Å². The summed E-state index contributed by atoms with van der Waals surface area (Å²) < 4.78 is 11.2. The molecule has 0 spiro atoms. The molecule has 1 fully saturated rings. The molecule has 92 valence electrons. The van der Waals surface area contributed by atoms with Crippen LogP contribution in [0.25, 0.3) is 0 Å². The highest BCUT2D eigenvalue weighted by atomic mass is 79.9. The summed E-state index contributed by atoms with van der Waals surface area (Å²) in [4.78, 5) is 11.9. The Labute approximate surface area is 108 Å². The number of anilines is 1. The zero-order valence-corrected chi connectivity index (χ0v) is 11.1. The molecule has 0 unspecified atom stereocenters. The molecule has 1 saturated heterocycles. The van der Waals surface area contributed by atoms with Gasteiger partial charge >= 0.3 is 5.97 Å². The molecule has 1 aliphatic rings. The highest BCUT2D eigenvalue weighted by Crippen LogP contribution is 2.26. The fourth-order valence-corrected chi connectivity index (χ4v) is 2.06. The Morgan fingerprint density at radius 2 is 2.35 bits per heavy atom. The van der Waals surface area contributed by atoms with E-state index < -0.39 is 5.54 Å². The van der Waals surface area contributed by atoms with Gasteiger partial charge in [-0.1, -0.05) is 22.0 Å². The van der Waals surface area contributed by atoms with Gasteiger partial charge in [-0.2, -0.15) is 0 Å². The largest absolute Gasteiger partial charge is 0.464 e. The topological polar surface area (TPSA) is 47.6 Å². The minimum Gasteiger partial charge on any atom is -0.464 e. The number of carbonyl (C=O) groups excluding carboxylic acids is 1. The van der Waals surface area contributed by atoms with Crippen LogP contribution >= 0.6 is 15.9 Å². The molecule has 1 N–H and O–H groups in total. The van der Waals surface area contributed by atoms with Crippen molar-refractivity contribution in [3.8, 4) is 0 Å². The summed E-state index contributed by atoms with van der Waals surface area (Å²) in [5.74, 6) is -0.258. The van der Waals surface area contributed by atoms with Crippen LogP contribution in [0.3, 0.4) is 0 Å². The fraction of sp³-hybridized carbons (Fsp3) is 0.417. The van der Waals surface area contributed by atoms with Gasteiger partial charge in [0.2, 0.25) is 0 Å². The average molecular weight is 300 g/mol. The molecule has 2 rings (SSSR count). The summed E-state index contributed by atoms with van der Waals surface area (Å²) in [6, 6.07) is 7.66. The van der Waals surface area contributed by atoms with Gasteiger partial charge in [0.1, 0.15) is 0 Å². The number of hydrogen-bond acceptors (Lipinski definition) is 4. The van der Waals surface area contributed by atoms with Crippen molar-refractivity contribution in [2.24, 2.45) is 0 Å². The van der Waals surface area contributed by atoms with Crippen LogP contribution in [0.1, 0.15) is 6.92 Å². The summed E-state index contributed by atoms with van der Waals surface area (Å²) in [7, 11) is 0. The van der Waals surface area contributed by atoms with E-state index in [1.807, 2.05) is 24.3 Å². The quantitative estimate of drug-likeness (QED) is 0.866. The Morgan fingerprint density at radius 3 is 2.88 bits per heavy atom. The lowest BCUT2D eigenvalue weighted by Crippen LogP contribution is -2.62.